The molecule has 1 aliphatic rings. The fraction of sp³-hybridized carbons (Fsp3) is 0.533. The number of fused-ring (bicyclic) bond motifs is 1. The molecule has 3 rings (SSSR count). The largest absolute Gasteiger partial charge is 0.378 e. The number of imidazole rings is 1. The molecule has 5 heteroatoms. The zero-order valence-corrected chi connectivity index (χ0v) is 12.0. The fourth-order valence-electron chi connectivity index (χ4n) is 2.64. The van der Waals surface area contributed by atoms with E-state index in [9.17, 15) is 0 Å². The molecule has 1 aliphatic heterocycles. The molecule has 0 amide bonds. The first-order valence-electron chi connectivity index (χ1n) is 7.34. The molecule has 3 heterocycles. The van der Waals surface area contributed by atoms with Crippen LogP contribution in [0.5, 0.6) is 0 Å². The van der Waals surface area contributed by atoms with Crippen LogP contribution in [0, 0.1) is 0 Å². The Morgan fingerprint density at radius 3 is 2.90 bits per heavy atom. The summed E-state index contributed by atoms with van der Waals surface area (Å²) >= 11 is 0. The summed E-state index contributed by atoms with van der Waals surface area (Å²) in [4.78, 5) is 7.12. The molecule has 1 fully saturated rings. The SMILES string of the molecule is CCC(N)Cc1c(N2CCOCC2)nc2ccccn12. The fourth-order valence-corrected chi connectivity index (χ4v) is 2.64. The number of hydrogen-bond acceptors (Lipinski definition) is 4. The lowest BCUT2D eigenvalue weighted by atomic mass is 10.1. The second kappa shape index (κ2) is 5.81. The van der Waals surface area contributed by atoms with Crippen molar-refractivity contribution in [1.29, 1.82) is 0 Å². The van der Waals surface area contributed by atoms with Crippen LogP contribution in [0.15, 0.2) is 24.4 Å². The molecule has 1 unspecified atom stereocenters. The van der Waals surface area contributed by atoms with E-state index in [-0.39, 0.29) is 6.04 Å². The van der Waals surface area contributed by atoms with Gasteiger partial charge in [0.25, 0.3) is 0 Å². The molecule has 0 aromatic carbocycles. The number of nitrogens with zero attached hydrogens (tertiary/aromatic N) is 3. The van der Waals surface area contributed by atoms with Gasteiger partial charge in [-0.2, -0.15) is 0 Å². The first-order valence-corrected chi connectivity index (χ1v) is 7.34. The molecule has 2 N–H and O–H groups in total. The van der Waals surface area contributed by atoms with Crippen molar-refractivity contribution in [2.45, 2.75) is 25.8 Å². The van der Waals surface area contributed by atoms with Gasteiger partial charge in [0.2, 0.25) is 0 Å². The van der Waals surface area contributed by atoms with Crippen molar-refractivity contribution in [3.8, 4) is 0 Å². The molecular weight excluding hydrogens is 252 g/mol. The number of nitrogens with two attached hydrogens (primary N) is 1. The summed E-state index contributed by atoms with van der Waals surface area (Å²) < 4.78 is 7.60. The first-order chi connectivity index (χ1) is 9.79. The van der Waals surface area contributed by atoms with Gasteiger partial charge in [0.1, 0.15) is 5.65 Å². The summed E-state index contributed by atoms with van der Waals surface area (Å²) in [5, 5.41) is 0. The lowest BCUT2D eigenvalue weighted by Gasteiger charge is -2.28. The Hall–Kier alpha value is -1.59. The summed E-state index contributed by atoms with van der Waals surface area (Å²) in [6, 6.07) is 6.29. The number of aromatic nitrogens is 2. The van der Waals surface area contributed by atoms with Crippen LogP contribution in [0.1, 0.15) is 19.0 Å². The molecule has 5 nitrogen and oxygen atoms in total. The van der Waals surface area contributed by atoms with Crippen molar-refractivity contribution in [2.24, 2.45) is 5.73 Å². The topological polar surface area (TPSA) is 55.8 Å². The van der Waals surface area contributed by atoms with Gasteiger partial charge in [-0.1, -0.05) is 13.0 Å². The number of pyridine rings is 1. The van der Waals surface area contributed by atoms with Gasteiger partial charge in [-0.05, 0) is 18.6 Å². The molecule has 0 bridgehead atoms. The number of hydrogen-bond donors (Lipinski definition) is 1. The predicted octanol–water partition coefficient (Wildman–Crippen LogP) is 1.45. The van der Waals surface area contributed by atoms with Crippen molar-refractivity contribution in [3.63, 3.8) is 0 Å². The summed E-state index contributed by atoms with van der Waals surface area (Å²) in [5.74, 6) is 1.07. The highest BCUT2D eigenvalue weighted by Gasteiger charge is 2.21. The van der Waals surface area contributed by atoms with Crippen molar-refractivity contribution in [1.82, 2.24) is 9.38 Å². The summed E-state index contributed by atoms with van der Waals surface area (Å²) in [6.07, 6.45) is 3.90. The molecule has 20 heavy (non-hydrogen) atoms. The minimum absolute atomic E-state index is 0.176. The smallest absolute Gasteiger partial charge is 0.151 e. The van der Waals surface area contributed by atoms with E-state index in [4.69, 9.17) is 15.5 Å². The van der Waals surface area contributed by atoms with E-state index in [0.717, 1.165) is 50.6 Å². The molecule has 0 saturated carbocycles. The van der Waals surface area contributed by atoms with E-state index >= 15 is 0 Å². The van der Waals surface area contributed by atoms with Crippen molar-refractivity contribution >= 4 is 11.5 Å². The van der Waals surface area contributed by atoms with Crippen LogP contribution in [0.4, 0.5) is 5.82 Å². The van der Waals surface area contributed by atoms with E-state index in [1.54, 1.807) is 0 Å². The van der Waals surface area contributed by atoms with Crippen LogP contribution in [-0.4, -0.2) is 41.7 Å². The molecular formula is C15H22N4O. The molecule has 0 radical (unpaired) electrons. The summed E-state index contributed by atoms with van der Waals surface area (Å²) in [5.41, 5.74) is 8.38. The average molecular weight is 274 g/mol. The van der Waals surface area contributed by atoms with Gasteiger partial charge in [0, 0.05) is 31.7 Å². The van der Waals surface area contributed by atoms with Gasteiger partial charge in [-0.3, -0.25) is 0 Å². The van der Waals surface area contributed by atoms with Crippen LogP contribution in [0.2, 0.25) is 0 Å². The lowest BCUT2D eigenvalue weighted by Crippen LogP contribution is -2.37. The normalized spacial score (nSPS) is 17.6. The highest BCUT2D eigenvalue weighted by molar-refractivity contribution is 5.56. The highest BCUT2D eigenvalue weighted by atomic mass is 16.5. The van der Waals surface area contributed by atoms with Crippen molar-refractivity contribution in [2.75, 3.05) is 31.2 Å². The van der Waals surface area contributed by atoms with Gasteiger partial charge in [0.15, 0.2) is 5.82 Å². The summed E-state index contributed by atoms with van der Waals surface area (Å²) in [6.45, 7) is 5.47. The maximum Gasteiger partial charge on any atom is 0.151 e. The Labute approximate surface area is 119 Å². The van der Waals surface area contributed by atoms with Crippen LogP contribution < -0.4 is 10.6 Å². The maximum atomic E-state index is 6.17. The third kappa shape index (κ3) is 2.51. The standard InChI is InChI=1S/C15H22N4O/c1-2-12(16)11-13-15(18-7-9-20-10-8-18)17-14-5-3-4-6-19(13)14/h3-6,12H,2,7-11,16H2,1H3. The second-order valence-corrected chi connectivity index (χ2v) is 5.28. The van der Waals surface area contributed by atoms with Crippen LogP contribution in [-0.2, 0) is 11.2 Å². The van der Waals surface area contributed by atoms with Crippen LogP contribution >= 0.6 is 0 Å². The second-order valence-electron chi connectivity index (χ2n) is 5.28. The van der Waals surface area contributed by atoms with Gasteiger partial charge < -0.3 is 19.8 Å². The maximum absolute atomic E-state index is 6.17. The van der Waals surface area contributed by atoms with E-state index in [1.807, 2.05) is 18.2 Å². The van der Waals surface area contributed by atoms with Crippen LogP contribution in [0.3, 0.4) is 0 Å². The Kier molecular flexibility index (Phi) is 3.89. The van der Waals surface area contributed by atoms with Crippen molar-refractivity contribution < 1.29 is 4.74 Å². The quantitative estimate of drug-likeness (QED) is 0.917. The molecule has 0 aliphatic carbocycles. The highest BCUT2D eigenvalue weighted by Crippen LogP contribution is 2.24. The monoisotopic (exact) mass is 274 g/mol. The third-order valence-electron chi connectivity index (χ3n) is 3.90. The number of ether oxygens (including phenoxy) is 1. The Morgan fingerprint density at radius 2 is 2.15 bits per heavy atom. The minimum Gasteiger partial charge on any atom is -0.378 e. The number of rotatable bonds is 4. The number of morpholine rings is 1. The predicted molar refractivity (Wildman–Crippen MR) is 80.2 cm³/mol. The van der Waals surface area contributed by atoms with Gasteiger partial charge in [-0.25, -0.2) is 4.98 Å². The molecule has 108 valence electrons. The van der Waals surface area contributed by atoms with E-state index in [1.165, 1.54) is 5.69 Å². The summed E-state index contributed by atoms with van der Waals surface area (Å²) in [7, 11) is 0. The molecule has 1 atom stereocenters. The molecule has 2 aromatic heterocycles. The lowest BCUT2D eigenvalue weighted by molar-refractivity contribution is 0.122. The van der Waals surface area contributed by atoms with Gasteiger partial charge in [0.05, 0.1) is 18.9 Å². The van der Waals surface area contributed by atoms with E-state index < -0.39 is 0 Å². The van der Waals surface area contributed by atoms with E-state index in [0.29, 0.717) is 0 Å². The zero-order valence-electron chi connectivity index (χ0n) is 12.0. The molecule has 1 saturated heterocycles. The Balaban J connectivity index is 2.02. The first kappa shape index (κ1) is 13.4. The van der Waals surface area contributed by atoms with E-state index in [2.05, 4.69) is 22.4 Å². The third-order valence-corrected chi connectivity index (χ3v) is 3.90. The molecule has 0 spiro atoms. The number of anilines is 1. The van der Waals surface area contributed by atoms with Gasteiger partial charge >= 0.3 is 0 Å². The molecule has 2 aromatic rings. The minimum atomic E-state index is 0.176. The zero-order chi connectivity index (χ0) is 13.9. The average Bonchev–Trinajstić information content (AvgIpc) is 2.87. The van der Waals surface area contributed by atoms with Crippen LogP contribution in [0.25, 0.3) is 5.65 Å². The van der Waals surface area contributed by atoms with Crippen molar-refractivity contribution in [3.05, 3.63) is 30.1 Å². The Bertz CT molecular complexity index is 574. The Morgan fingerprint density at radius 1 is 1.35 bits per heavy atom. The van der Waals surface area contributed by atoms with Gasteiger partial charge in [-0.15, -0.1) is 0 Å².